The zero-order valence-corrected chi connectivity index (χ0v) is 21.6. The lowest BCUT2D eigenvalue weighted by atomic mass is 9.98. The van der Waals surface area contributed by atoms with Crippen molar-refractivity contribution < 1.29 is 9.53 Å². The topological polar surface area (TPSA) is 70.1 Å². The Labute approximate surface area is 211 Å². The van der Waals surface area contributed by atoms with E-state index in [0.29, 0.717) is 19.6 Å². The van der Waals surface area contributed by atoms with Crippen molar-refractivity contribution in [1.82, 2.24) is 9.55 Å². The van der Waals surface area contributed by atoms with Gasteiger partial charge in [0.2, 0.25) is 5.91 Å². The molecule has 35 heavy (non-hydrogen) atoms. The van der Waals surface area contributed by atoms with Gasteiger partial charge in [0.1, 0.15) is 5.75 Å². The largest absolute Gasteiger partial charge is 0.494 e. The molecular formula is C29H32ClN3O2. The Morgan fingerprint density at radius 2 is 1.80 bits per heavy atom. The number of benzene rings is 2. The molecule has 2 N–H and O–H groups in total. The lowest BCUT2D eigenvalue weighted by Gasteiger charge is -2.12. The second kappa shape index (κ2) is 10.5. The molecule has 0 atom stereocenters. The maximum Gasteiger partial charge on any atom is 0.219 e. The third-order valence-corrected chi connectivity index (χ3v) is 7.23. The number of primary amides is 1. The highest BCUT2D eigenvalue weighted by Crippen LogP contribution is 2.36. The first-order valence-corrected chi connectivity index (χ1v) is 12.3. The van der Waals surface area contributed by atoms with Gasteiger partial charge in [-0.15, -0.1) is 0 Å². The number of aryl methyl sites for hydroxylation is 5. The van der Waals surface area contributed by atoms with Crippen LogP contribution in [0.25, 0.3) is 22.0 Å². The van der Waals surface area contributed by atoms with Crippen molar-refractivity contribution in [3.05, 3.63) is 81.8 Å². The Morgan fingerprint density at radius 3 is 2.49 bits per heavy atom. The van der Waals surface area contributed by atoms with E-state index in [9.17, 15) is 4.79 Å². The second-order valence-corrected chi connectivity index (χ2v) is 9.53. The molecule has 0 bridgehead atoms. The standard InChI is InChI=1S/C29H32ClN3O2/c1-18-10-12-32-17-26(18)25-8-5-7-24-23(21(4)33(29(24)25)13-11-27(31)34)9-6-14-35-22-15-19(2)28(30)20(3)16-22/h5,7-8,10,12,15-17H,6,9,11,13-14H2,1-4H3,(H2,31,34). The van der Waals surface area contributed by atoms with Crippen molar-refractivity contribution >= 4 is 28.4 Å². The van der Waals surface area contributed by atoms with Gasteiger partial charge < -0.3 is 15.0 Å². The highest BCUT2D eigenvalue weighted by atomic mass is 35.5. The van der Waals surface area contributed by atoms with Crippen molar-refractivity contribution in [3.8, 4) is 16.9 Å². The molecule has 0 aliphatic rings. The molecule has 6 heteroatoms. The summed E-state index contributed by atoms with van der Waals surface area (Å²) in [4.78, 5) is 16.0. The third kappa shape index (κ3) is 5.20. The molecule has 0 fully saturated rings. The summed E-state index contributed by atoms with van der Waals surface area (Å²) in [6.45, 7) is 9.37. The van der Waals surface area contributed by atoms with E-state index in [2.05, 4.69) is 41.6 Å². The fourth-order valence-electron chi connectivity index (χ4n) is 4.81. The van der Waals surface area contributed by atoms with Gasteiger partial charge in [0.15, 0.2) is 0 Å². The van der Waals surface area contributed by atoms with Gasteiger partial charge in [-0.05, 0) is 81.0 Å². The van der Waals surface area contributed by atoms with E-state index in [4.69, 9.17) is 22.1 Å². The maximum absolute atomic E-state index is 11.6. The number of ether oxygens (including phenoxy) is 1. The summed E-state index contributed by atoms with van der Waals surface area (Å²) in [7, 11) is 0. The molecule has 2 aromatic heterocycles. The molecule has 182 valence electrons. The van der Waals surface area contributed by atoms with Gasteiger partial charge in [-0.3, -0.25) is 9.78 Å². The van der Waals surface area contributed by atoms with Gasteiger partial charge >= 0.3 is 0 Å². The molecule has 2 aromatic carbocycles. The molecule has 0 saturated heterocycles. The predicted molar refractivity (Wildman–Crippen MR) is 143 cm³/mol. The first-order valence-electron chi connectivity index (χ1n) is 12.0. The van der Waals surface area contributed by atoms with Gasteiger partial charge in [0, 0.05) is 52.6 Å². The third-order valence-electron chi connectivity index (χ3n) is 6.63. The van der Waals surface area contributed by atoms with Crippen LogP contribution in [0.4, 0.5) is 0 Å². The van der Waals surface area contributed by atoms with Crippen LogP contribution in [-0.4, -0.2) is 22.1 Å². The Kier molecular flexibility index (Phi) is 7.46. The van der Waals surface area contributed by atoms with Crippen molar-refractivity contribution in [1.29, 1.82) is 0 Å². The molecule has 0 spiro atoms. The predicted octanol–water partition coefficient (Wildman–Crippen LogP) is 6.48. The molecule has 0 saturated carbocycles. The molecule has 0 aliphatic heterocycles. The van der Waals surface area contributed by atoms with Gasteiger partial charge in [-0.25, -0.2) is 0 Å². The molecule has 5 nitrogen and oxygen atoms in total. The zero-order chi connectivity index (χ0) is 25.1. The minimum atomic E-state index is -0.301. The smallest absolute Gasteiger partial charge is 0.219 e. The van der Waals surface area contributed by atoms with Gasteiger partial charge in [0.05, 0.1) is 12.1 Å². The number of carbonyl (C=O) groups excluding carboxylic acids is 1. The SMILES string of the molecule is Cc1ccncc1-c1cccc2c(CCCOc3cc(C)c(Cl)c(C)c3)c(C)n(CCC(N)=O)c12. The number of para-hydroxylation sites is 1. The van der Waals surface area contributed by atoms with Gasteiger partial charge in [-0.1, -0.05) is 29.8 Å². The number of nitrogens with two attached hydrogens (primary N) is 1. The number of nitrogens with zero attached hydrogens (tertiary/aromatic N) is 2. The lowest BCUT2D eigenvalue weighted by Crippen LogP contribution is -2.14. The normalized spacial score (nSPS) is 11.2. The monoisotopic (exact) mass is 489 g/mol. The molecule has 1 amide bonds. The van der Waals surface area contributed by atoms with Gasteiger partial charge in [-0.2, -0.15) is 0 Å². The molecule has 0 radical (unpaired) electrons. The van der Waals surface area contributed by atoms with Crippen LogP contribution in [0.5, 0.6) is 5.75 Å². The summed E-state index contributed by atoms with van der Waals surface area (Å²) >= 11 is 6.29. The number of halogens is 1. The highest BCUT2D eigenvalue weighted by molar-refractivity contribution is 6.32. The van der Waals surface area contributed by atoms with Crippen LogP contribution < -0.4 is 10.5 Å². The number of amides is 1. The summed E-state index contributed by atoms with van der Waals surface area (Å²) in [5.41, 5.74) is 14.5. The number of fused-ring (bicyclic) bond motifs is 1. The van der Waals surface area contributed by atoms with Crippen LogP contribution in [0.2, 0.25) is 5.02 Å². The molecule has 2 heterocycles. The highest BCUT2D eigenvalue weighted by Gasteiger charge is 2.19. The van der Waals surface area contributed by atoms with Crippen LogP contribution in [0.15, 0.2) is 48.8 Å². The van der Waals surface area contributed by atoms with Crippen molar-refractivity contribution in [3.63, 3.8) is 0 Å². The zero-order valence-electron chi connectivity index (χ0n) is 20.8. The lowest BCUT2D eigenvalue weighted by molar-refractivity contribution is -0.118. The quantitative estimate of drug-likeness (QED) is 0.273. The van der Waals surface area contributed by atoms with Crippen LogP contribution in [0.3, 0.4) is 0 Å². The molecule has 0 unspecified atom stereocenters. The molecule has 4 aromatic rings. The van der Waals surface area contributed by atoms with Crippen molar-refractivity contribution in [2.75, 3.05) is 6.61 Å². The summed E-state index contributed by atoms with van der Waals surface area (Å²) in [5.74, 6) is 0.545. The van der Waals surface area contributed by atoms with E-state index in [-0.39, 0.29) is 5.91 Å². The number of rotatable bonds is 9. The fraction of sp³-hybridized carbons (Fsp3) is 0.310. The average Bonchev–Trinajstić information content (AvgIpc) is 3.10. The summed E-state index contributed by atoms with van der Waals surface area (Å²) < 4.78 is 8.30. The summed E-state index contributed by atoms with van der Waals surface area (Å²) in [6.07, 6.45) is 5.75. The molecule has 0 aliphatic carbocycles. The Bertz CT molecular complexity index is 1370. The minimum Gasteiger partial charge on any atom is -0.494 e. The molecule has 4 rings (SSSR count). The van der Waals surface area contributed by atoms with Crippen LogP contribution in [0.1, 0.15) is 40.8 Å². The Balaban J connectivity index is 1.65. The van der Waals surface area contributed by atoms with Crippen molar-refractivity contribution in [2.45, 2.75) is 53.5 Å². The van der Waals surface area contributed by atoms with E-state index < -0.39 is 0 Å². The number of pyridine rings is 1. The van der Waals surface area contributed by atoms with E-state index in [1.807, 2.05) is 44.4 Å². The van der Waals surface area contributed by atoms with E-state index in [1.165, 1.54) is 10.9 Å². The number of hydrogen-bond donors (Lipinski definition) is 1. The summed E-state index contributed by atoms with van der Waals surface area (Å²) in [5, 5.41) is 1.99. The average molecular weight is 490 g/mol. The molecular weight excluding hydrogens is 458 g/mol. The van der Waals surface area contributed by atoms with E-state index in [0.717, 1.165) is 62.6 Å². The first kappa shape index (κ1) is 24.8. The maximum atomic E-state index is 11.6. The Morgan fingerprint density at radius 1 is 1.06 bits per heavy atom. The van der Waals surface area contributed by atoms with Crippen LogP contribution >= 0.6 is 11.6 Å². The first-order chi connectivity index (χ1) is 16.8. The van der Waals surface area contributed by atoms with Crippen LogP contribution in [0, 0.1) is 27.7 Å². The number of carbonyl (C=O) groups is 1. The fourth-order valence-corrected chi connectivity index (χ4v) is 4.92. The Hall–Kier alpha value is -3.31. The van der Waals surface area contributed by atoms with Gasteiger partial charge in [0.25, 0.3) is 0 Å². The summed E-state index contributed by atoms with van der Waals surface area (Å²) in [6, 6.07) is 12.4. The number of hydrogen-bond acceptors (Lipinski definition) is 3. The van der Waals surface area contributed by atoms with E-state index >= 15 is 0 Å². The minimum absolute atomic E-state index is 0.294. The second-order valence-electron chi connectivity index (χ2n) is 9.15. The van der Waals surface area contributed by atoms with Crippen LogP contribution in [-0.2, 0) is 17.8 Å². The van der Waals surface area contributed by atoms with E-state index in [1.54, 1.807) is 0 Å². The number of aromatic nitrogens is 2. The van der Waals surface area contributed by atoms with Crippen molar-refractivity contribution in [2.24, 2.45) is 5.73 Å².